The second kappa shape index (κ2) is 6.06. The summed E-state index contributed by atoms with van der Waals surface area (Å²) in [6.07, 6.45) is 0. The summed E-state index contributed by atoms with van der Waals surface area (Å²) < 4.78 is 5.14. The van der Waals surface area contributed by atoms with E-state index in [4.69, 9.17) is 4.74 Å². The van der Waals surface area contributed by atoms with Crippen molar-refractivity contribution >= 4 is 17.3 Å². The number of carbonyl (C=O) groups excluding carboxylic acids is 1. The minimum atomic E-state index is -0.124. The Hall–Kier alpha value is -2.55. The zero-order valence-corrected chi connectivity index (χ0v) is 11.7. The van der Waals surface area contributed by atoms with Crippen LogP contribution in [0.1, 0.15) is 6.92 Å². The molecule has 0 saturated carbocycles. The van der Waals surface area contributed by atoms with Crippen LogP contribution in [0.25, 0.3) is 0 Å². The molecule has 0 unspecified atom stereocenters. The molecule has 0 atom stereocenters. The lowest BCUT2D eigenvalue weighted by atomic mass is 10.2. The quantitative estimate of drug-likeness (QED) is 0.785. The minimum Gasteiger partial charge on any atom is -0.497 e. The Labute approximate surface area is 119 Å². The number of amides is 1. The normalized spacial score (nSPS) is 9.90. The summed E-state index contributed by atoms with van der Waals surface area (Å²) in [5.41, 5.74) is 2.08. The summed E-state index contributed by atoms with van der Waals surface area (Å²) in [6, 6.07) is 16.9. The maximum Gasteiger partial charge on any atom is 0.257 e. The summed E-state index contributed by atoms with van der Waals surface area (Å²) in [4.78, 5) is 14.0. The standard InChI is InChI=1S/C17H17NO2/c1-13(2)17(19)18(14-7-5-4-6-8-14)15-9-11-16(20-3)12-10-15/h4-12H,1H2,2-3H3. The van der Waals surface area contributed by atoms with E-state index in [9.17, 15) is 4.79 Å². The highest BCUT2D eigenvalue weighted by Crippen LogP contribution is 2.28. The van der Waals surface area contributed by atoms with Gasteiger partial charge in [-0.05, 0) is 43.3 Å². The Bertz CT molecular complexity index is 603. The number of methoxy groups -OCH3 is 1. The van der Waals surface area contributed by atoms with Crippen molar-refractivity contribution < 1.29 is 9.53 Å². The average molecular weight is 267 g/mol. The molecule has 0 radical (unpaired) electrons. The first-order valence-electron chi connectivity index (χ1n) is 6.32. The maximum atomic E-state index is 12.4. The number of benzene rings is 2. The number of anilines is 2. The van der Waals surface area contributed by atoms with Crippen LogP contribution in [-0.4, -0.2) is 13.0 Å². The van der Waals surface area contributed by atoms with Gasteiger partial charge in [-0.3, -0.25) is 9.69 Å². The molecule has 20 heavy (non-hydrogen) atoms. The van der Waals surface area contributed by atoms with Crippen molar-refractivity contribution in [1.29, 1.82) is 0 Å². The third-order valence-corrected chi connectivity index (χ3v) is 2.91. The van der Waals surface area contributed by atoms with Gasteiger partial charge in [0.2, 0.25) is 0 Å². The zero-order valence-electron chi connectivity index (χ0n) is 11.7. The predicted molar refractivity (Wildman–Crippen MR) is 81.4 cm³/mol. The van der Waals surface area contributed by atoms with Crippen LogP contribution in [0.2, 0.25) is 0 Å². The largest absolute Gasteiger partial charge is 0.497 e. The van der Waals surface area contributed by atoms with Gasteiger partial charge in [-0.15, -0.1) is 0 Å². The van der Waals surface area contributed by atoms with Gasteiger partial charge in [-0.2, -0.15) is 0 Å². The van der Waals surface area contributed by atoms with E-state index in [-0.39, 0.29) is 5.91 Å². The van der Waals surface area contributed by atoms with Crippen molar-refractivity contribution in [3.63, 3.8) is 0 Å². The zero-order chi connectivity index (χ0) is 14.5. The molecule has 0 saturated heterocycles. The van der Waals surface area contributed by atoms with E-state index in [1.165, 1.54) is 0 Å². The second-order valence-corrected chi connectivity index (χ2v) is 4.45. The highest BCUT2D eigenvalue weighted by Gasteiger charge is 2.18. The molecule has 102 valence electrons. The van der Waals surface area contributed by atoms with E-state index < -0.39 is 0 Å². The summed E-state index contributed by atoms with van der Waals surface area (Å²) in [7, 11) is 1.61. The van der Waals surface area contributed by atoms with Gasteiger partial charge in [0.05, 0.1) is 7.11 Å². The van der Waals surface area contributed by atoms with Crippen molar-refractivity contribution in [3.8, 4) is 5.75 Å². The van der Waals surface area contributed by atoms with Crippen LogP contribution >= 0.6 is 0 Å². The van der Waals surface area contributed by atoms with Crippen LogP contribution in [0.4, 0.5) is 11.4 Å². The first-order chi connectivity index (χ1) is 9.63. The van der Waals surface area contributed by atoms with E-state index in [2.05, 4.69) is 6.58 Å². The molecule has 3 heteroatoms. The lowest BCUT2D eigenvalue weighted by Crippen LogP contribution is -2.26. The lowest BCUT2D eigenvalue weighted by molar-refractivity contribution is -0.114. The average Bonchev–Trinajstić information content (AvgIpc) is 2.49. The van der Waals surface area contributed by atoms with Crippen LogP contribution in [0.15, 0.2) is 66.7 Å². The first-order valence-corrected chi connectivity index (χ1v) is 6.32. The fourth-order valence-electron chi connectivity index (χ4n) is 1.88. The minimum absolute atomic E-state index is 0.124. The first kappa shape index (κ1) is 13.9. The highest BCUT2D eigenvalue weighted by atomic mass is 16.5. The molecule has 3 nitrogen and oxygen atoms in total. The number of ether oxygens (including phenoxy) is 1. The highest BCUT2D eigenvalue weighted by molar-refractivity contribution is 6.09. The summed E-state index contributed by atoms with van der Waals surface area (Å²) in [6.45, 7) is 5.45. The Morgan fingerprint density at radius 2 is 1.55 bits per heavy atom. The molecule has 1 amide bonds. The maximum absolute atomic E-state index is 12.4. The number of para-hydroxylation sites is 1. The van der Waals surface area contributed by atoms with E-state index in [1.807, 2.05) is 54.6 Å². The summed E-state index contributed by atoms with van der Waals surface area (Å²) >= 11 is 0. The molecule has 0 aromatic heterocycles. The number of nitrogens with zero attached hydrogens (tertiary/aromatic N) is 1. The number of carbonyl (C=O) groups is 1. The predicted octanol–water partition coefficient (Wildman–Crippen LogP) is 3.94. The second-order valence-electron chi connectivity index (χ2n) is 4.45. The molecule has 0 fully saturated rings. The van der Waals surface area contributed by atoms with E-state index in [0.717, 1.165) is 17.1 Å². The molecule has 2 aromatic carbocycles. The van der Waals surface area contributed by atoms with Crippen molar-refractivity contribution in [2.24, 2.45) is 0 Å². The van der Waals surface area contributed by atoms with Gasteiger partial charge in [0.25, 0.3) is 5.91 Å². The van der Waals surface area contributed by atoms with Crippen molar-refractivity contribution in [2.45, 2.75) is 6.92 Å². The molecular formula is C17H17NO2. The molecule has 0 aliphatic rings. The Balaban J connectivity index is 2.45. The van der Waals surface area contributed by atoms with Crippen molar-refractivity contribution in [3.05, 3.63) is 66.7 Å². The van der Waals surface area contributed by atoms with Crippen molar-refractivity contribution in [2.75, 3.05) is 12.0 Å². The third kappa shape index (κ3) is 2.88. The van der Waals surface area contributed by atoms with E-state index in [0.29, 0.717) is 5.57 Å². The number of rotatable bonds is 4. The van der Waals surface area contributed by atoms with E-state index in [1.54, 1.807) is 18.9 Å². The Kier molecular flexibility index (Phi) is 4.20. The Morgan fingerprint density at radius 1 is 1.00 bits per heavy atom. The fraction of sp³-hybridized carbons (Fsp3) is 0.118. The molecule has 2 aromatic rings. The molecular weight excluding hydrogens is 250 g/mol. The summed E-state index contributed by atoms with van der Waals surface area (Å²) in [5, 5.41) is 0. The fourth-order valence-corrected chi connectivity index (χ4v) is 1.88. The van der Waals surface area contributed by atoms with Crippen molar-refractivity contribution in [1.82, 2.24) is 0 Å². The van der Waals surface area contributed by atoms with Crippen LogP contribution in [0.3, 0.4) is 0 Å². The molecule has 2 rings (SSSR count). The lowest BCUT2D eigenvalue weighted by Gasteiger charge is -2.23. The van der Waals surface area contributed by atoms with Crippen LogP contribution in [-0.2, 0) is 4.79 Å². The monoisotopic (exact) mass is 267 g/mol. The topological polar surface area (TPSA) is 29.5 Å². The molecule has 0 aliphatic carbocycles. The van der Waals surface area contributed by atoms with Gasteiger partial charge in [0.15, 0.2) is 0 Å². The van der Waals surface area contributed by atoms with Gasteiger partial charge in [-0.25, -0.2) is 0 Å². The van der Waals surface area contributed by atoms with Gasteiger partial charge >= 0.3 is 0 Å². The molecule has 0 spiro atoms. The summed E-state index contributed by atoms with van der Waals surface area (Å²) in [5.74, 6) is 0.630. The molecule has 0 bridgehead atoms. The molecule has 0 N–H and O–H groups in total. The van der Waals surface area contributed by atoms with Gasteiger partial charge < -0.3 is 4.74 Å². The third-order valence-electron chi connectivity index (χ3n) is 2.91. The Morgan fingerprint density at radius 3 is 2.05 bits per heavy atom. The smallest absolute Gasteiger partial charge is 0.257 e. The van der Waals surface area contributed by atoms with Crippen LogP contribution in [0, 0.1) is 0 Å². The number of hydrogen-bond donors (Lipinski definition) is 0. The van der Waals surface area contributed by atoms with Crippen LogP contribution < -0.4 is 9.64 Å². The van der Waals surface area contributed by atoms with Gasteiger partial charge in [0.1, 0.15) is 5.75 Å². The van der Waals surface area contributed by atoms with Crippen LogP contribution in [0.5, 0.6) is 5.75 Å². The SMILES string of the molecule is C=C(C)C(=O)N(c1ccccc1)c1ccc(OC)cc1. The van der Waals surface area contributed by atoms with Gasteiger partial charge in [0, 0.05) is 16.9 Å². The van der Waals surface area contributed by atoms with E-state index >= 15 is 0 Å². The molecule has 0 aliphatic heterocycles. The van der Waals surface area contributed by atoms with Gasteiger partial charge in [-0.1, -0.05) is 24.8 Å². The molecule has 0 heterocycles. The number of hydrogen-bond acceptors (Lipinski definition) is 2.